The number of rotatable bonds is 4. The number of nitrogens with one attached hydrogen (secondary N) is 1. The third-order valence-electron chi connectivity index (χ3n) is 4.14. The molecule has 1 aromatic rings. The van der Waals surface area contributed by atoms with Gasteiger partial charge in [0.2, 0.25) is 0 Å². The van der Waals surface area contributed by atoms with Gasteiger partial charge in [-0.25, -0.2) is 13.4 Å². The van der Waals surface area contributed by atoms with Crippen molar-refractivity contribution in [2.45, 2.75) is 42.7 Å². The molecular formula is C14H23N3O2S. The van der Waals surface area contributed by atoms with E-state index in [4.69, 9.17) is 0 Å². The SMILES string of the molecule is CNC1CCC(N(C)c2ncccc2S(C)(=O)=O)CC1. The van der Waals surface area contributed by atoms with Gasteiger partial charge in [-0.3, -0.25) is 0 Å². The van der Waals surface area contributed by atoms with Gasteiger partial charge in [0.15, 0.2) is 9.84 Å². The molecule has 0 radical (unpaired) electrons. The summed E-state index contributed by atoms with van der Waals surface area (Å²) in [5, 5.41) is 3.31. The standard InChI is InChI=1S/C14H23N3O2S/c1-15-11-6-8-12(9-7-11)17(2)14-13(20(3,18)19)5-4-10-16-14/h4-5,10-12,15H,6-9H2,1-3H3. The van der Waals surface area contributed by atoms with E-state index in [9.17, 15) is 8.42 Å². The maximum Gasteiger partial charge on any atom is 0.179 e. The molecule has 20 heavy (non-hydrogen) atoms. The van der Waals surface area contributed by atoms with E-state index in [0.717, 1.165) is 25.7 Å². The molecular weight excluding hydrogens is 274 g/mol. The number of aromatic nitrogens is 1. The van der Waals surface area contributed by atoms with Crippen LogP contribution < -0.4 is 10.2 Å². The molecule has 0 aliphatic heterocycles. The summed E-state index contributed by atoms with van der Waals surface area (Å²) in [4.78, 5) is 6.64. The molecule has 1 aliphatic rings. The fraction of sp³-hybridized carbons (Fsp3) is 0.643. The molecule has 1 aromatic heterocycles. The van der Waals surface area contributed by atoms with E-state index in [1.54, 1.807) is 18.3 Å². The van der Waals surface area contributed by atoms with Gasteiger partial charge in [-0.2, -0.15) is 0 Å². The number of sulfone groups is 1. The molecule has 0 bridgehead atoms. The fourth-order valence-corrected chi connectivity index (χ4v) is 3.72. The number of hydrogen-bond acceptors (Lipinski definition) is 5. The summed E-state index contributed by atoms with van der Waals surface area (Å²) in [5.41, 5.74) is 0. The van der Waals surface area contributed by atoms with Crippen molar-refractivity contribution in [2.75, 3.05) is 25.3 Å². The summed E-state index contributed by atoms with van der Waals surface area (Å²) in [5.74, 6) is 0.572. The zero-order valence-electron chi connectivity index (χ0n) is 12.3. The molecule has 0 spiro atoms. The van der Waals surface area contributed by atoms with Crippen molar-refractivity contribution in [3.8, 4) is 0 Å². The molecule has 0 amide bonds. The van der Waals surface area contributed by atoms with Crippen molar-refractivity contribution in [3.05, 3.63) is 18.3 Å². The van der Waals surface area contributed by atoms with Crippen molar-refractivity contribution in [2.24, 2.45) is 0 Å². The van der Waals surface area contributed by atoms with Crippen LogP contribution in [0.4, 0.5) is 5.82 Å². The molecule has 1 fully saturated rings. The Labute approximate surface area is 121 Å². The highest BCUT2D eigenvalue weighted by molar-refractivity contribution is 7.90. The topological polar surface area (TPSA) is 62.3 Å². The highest BCUT2D eigenvalue weighted by Crippen LogP contribution is 2.29. The normalized spacial score (nSPS) is 23.6. The predicted octanol–water partition coefficient (Wildman–Crippen LogP) is 1.45. The van der Waals surface area contributed by atoms with E-state index in [0.29, 0.717) is 22.8 Å². The average molecular weight is 297 g/mol. The van der Waals surface area contributed by atoms with Crippen LogP contribution in [-0.4, -0.2) is 45.8 Å². The summed E-state index contributed by atoms with van der Waals surface area (Å²) in [6, 6.07) is 4.24. The molecule has 0 atom stereocenters. The lowest BCUT2D eigenvalue weighted by molar-refractivity contribution is 0.350. The van der Waals surface area contributed by atoms with Crippen molar-refractivity contribution < 1.29 is 8.42 Å². The molecule has 0 saturated heterocycles. The van der Waals surface area contributed by atoms with Gasteiger partial charge in [0, 0.05) is 31.6 Å². The lowest BCUT2D eigenvalue weighted by atomic mass is 9.90. The predicted molar refractivity (Wildman–Crippen MR) is 80.9 cm³/mol. The van der Waals surface area contributed by atoms with Crippen LogP contribution >= 0.6 is 0 Å². The Kier molecular flexibility index (Phi) is 4.65. The van der Waals surface area contributed by atoms with Gasteiger partial charge in [0.05, 0.1) is 0 Å². The summed E-state index contributed by atoms with van der Waals surface area (Å²) >= 11 is 0. The third-order valence-corrected chi connectivity index (χ3v) is 5.25. The van der Waals surface area contributed by atoms with Crippen molar-refractivity contribution in [1.29, 1.82) is 0 Å². The van der Waals surface area contributed by atoms with Crippen LogP contribution in [0.25, 0.3) is 0 Å². The van der Waals surface area contributed by atoms with E-state index in [1.807, 2.05) is 19.0 Å². The van der Waals surface area contributed by atoms with Gasteiger partial charge in [-0.15, -0.1) is 0 Å². The minimum absolute atomic E-state index is 0.318. The van der Waals surface area contributed by atoms with Crippen LogP contribution in [0.1, 0.15) is 25.7 Å². The van der Waals surface area contributed by atoms with E-state index < -0.39 is 9.84 Å². The van der Waals surface area contributed by atoms with Gasteiger partial charge in [0.25, 0.3) is 0 Å². The van der Waals surface area contributed by atoms with Gasteiger partial charge >= 0.3 is 0 Å². The molecule has 6 heteroatoms. The Balaban J connectivity index is 2.20. The van der Waals surface area contributed by atoms with Gasteiger partial charge in [0.1, 0.15) is 10.7 Å². The number of anilines is 1. The Hall–Kier alpha value is -1.14. The molecule has 2 rings (SSSR count). The monoisotopic (exact) mass is 297 g/mol. The van der Waals surface area contributed by atoms with E-state index >= 15 is 0 Å². The molecule has 1 saturated carbocycles. The first kappa shape index (κ1) is 15.3. The van der Waals surface area contributed by atoms with E-state index in [-0.39, 0.29) is 0 Å². The summed E-state index contributed by atoms with van der Waals surface area (Å²) in [7, 11) is 0.692. The second-order valence-electron chi connectivity index (χ2n) is 5.50. The number of nitrogens with zero attached hydrogens (tertiary/aromatic N) is 2. The molecule has 1 aliphatic carbocycles. The lowest BCUT2D eigenvalue weighted by Crippen LogP contribution is -2.40. The quantitative estimate of drug-likeness (QED) is 0.911. The van der Waals surface area contributed by atoms with Gasteiger partial charge in [-0.05, 0) is 44.9 Å². The Morgan fingerprint density at radius 2 is 1.95 bits per heavy atom. The maximum atomic E-state index is 11.9. The fourth-order valence-electron chi connectivity index (χ4n) is 2.86. The van der Waals surface area contributed by atoms with Crippen LogP contribution in [0.3, 0.4) is 0 Å². The van der Waals surface area contributed by atoms with Crippen molar-refractivity contribution in [3.63, 3.8) is 0 Å². The molecule has 0 aromatic carbocycles. The maximum absolute atomic E-state index is 11.9. The summed E-state index contributed by atoms with van der Waals surface area (Å²) in [6.07, 6.45) is 7.24. The summed E-state index contributed by atoms with van der Waals surface area (Å²) < 4.78 is 23.7. The van der Waals surface area contributed by atoms with Gasteiger partial charge < -0.3 is 10.2 Å². The average Bonchev–Trinajstić information content (AvgIpc) is 2.46. The van der Waals surface area contributed by atoms with E-state index in [2.05, 4.69) is 10.3 Å². The van der Waals surface area contributed by atoms with Crippen LogP contribution in [-0.2, 0) is 9.84 Å². The van der Waals surface area contributed by atoms with Crippen LogP contribution in [0.2, 0.25) is 0 Å². The highest BCUT2D eigenvalue weighted by Gasteiger charge is 2.26. The van der Waals surface area contributed by atoms with Crippen LogP contribution in [0.5, 0.6) is 0 Å². The minimum Gasteiger partial charge on any atom is -0.356 e. The molecule has 1 heterocycles. The number of pyridine rings is 1. The minimum atomic E-state index is -3.25. The second-order valence-corrected chi connectivity index (χ2v) is 7.49. The Morgan fingerprint density at radius 1 is 1.30 bits per heavy atom. The van der Waals surface area contributed by atoms with Gasteiger partial charge in [-0.1, -0.05) is 0 Å². The molecule has 5 nitrogen and oxygen atoms in total. The first-order valence-electron chi connectivity index (χ1n) is 6.98. The summed E-state index contributed by atoms with van der Waals surface area (Å²) in [6.45, 7) is 0. The first-order chi connectivity index (χ1) is 9.43. The second kappa shape index (κ2) is 6.10. The smallest absolute Gasteiger partial charge is 0.179 e. The lowest BCUT2D eigenvalue weighted by Gasteiger charge is -2.35. The zero-order chi connectivity index (χ0) is 14.8. The van der Waals surface area contributed by atoms with E-state index in [1.165, 1.54) is 6.26 Å². The largest absolute Gasteiger partial charge is 0.356 e. The first-order valence-corrected chi connectivity index (χ1v) is 8.87. The number of hydrogen-bond donors (Lipinski definition) is 1. The molecule has 1 N–H and O–H groups in total. The van der Waals surface area contributed by atoms with Crippen molar-refractivity contribution >= 4 is 15.7 Å². The zero-order valence-corrected chi connectivity index (χ0v) is 13.2. The Bertz CT molecular complexity index is 551. The van der Waals surface area contributed by atoms with Crippen LogP contribution in [0, 0.1) is 0 Å². The Morgan fingerprint density at radius 3 is 2.50 bits per heavy atom. The van der Waals surface area contributed by atoms with Crippen LogP contribution in [0.15, 0.2) is 23.2 Å². The molecule has 0 unspecified atom stereocenters. The molecule has 112 valence electrons. The van der Waals surface area contributed by atoms with Crippen molar-refractivity contribution in [1.82, 2.24) is 10.3 Å². The third kappa shape index (κ3) is 3.30. The highest BCUT2D eigenvalue weighted by atomic mass is 32.2.